The van der Waals surface area contributed by atoms with Crippen molar-refractivity contribution in [3.05, 3.63) is 81.3 Å². The average molecular weight is 353 g/mol. The monoisotopic (exact) mass is 353 g/mol. The average Bonchev–Trinajstić information content (AvgIpc) is 3.09. The maximum atomic E-state index is 12.1. The normalized spacial score (nSPS) is 10.5. The van der Waals surface area contributed by atoms with Gasteiger partial charge in [0.15, 0.2) is 5.69 Å². The van der Waals surface area contributed by atoms with Gasteiger partial charge in [-0.3, -0.25) is 0 Å². The van der Waals surface area contributed by atoms with Gasteiger partial charge >= 0.3 is 5.97 Å². The van der Waals surface area contributed by atoms with Crippen LogP contribution in [0.1, 0.15) is 32.2 Å². The van der Waals surface area contributed by atoms with E-state index in [1.54, 1.807) is 5.38 Å². The van der Waals surface area contributed by atoms with Gasteiger partial charge in [-0.25, -0.2) is 9.78 Å². The third-order valence-corrected chi connectivity index (χ3v) is 4.59. The molecule has 2 aromatic carbocycles. The predicted molar refractivity (Wildman–Crippen MR) is 97.9 cm³/mol. The highest BCUT2D eigenvalue weighted by atomic mass is 32.1. The molecule has 0 saturated carbocycles. The Labute approximate surface area is 151 Å². The van der Waals surface area contributed by atoms with Crippen molar-refractivity contribution in [2.45, 2.75) is 27.1 Å². The van der Waals surface area contributed by atoms with Crippen LogP contribution in [0.4, 0.5) is 0 Å². The lowest BCUT2D eigenvalue weighted by atomic mass is 10.1. The Balaban J connectivity index is 1.54. The predicted octanol–water partition coefficient (Wildman–Crippen LogP) is 4.70. The highest BCUT2D eigenvalue weighted by molar-refractivity contribution is 7.09. The van der Waals surface area contributed by atoms with E-state index >= 15 is 0 Å². The largest absolute Gasteiger partial charge is 0.486 e. The first kappa shape index (κ1) is 17.2. The summed E-state index contributed by atoms with van der Waals surface area (Å²) in [4.78, 5) is 16.4. The van der Waals surface area contributed by atoms with E-state index in [2.05, 4.69) is 4.98 Å². The molecule has 0 spiro atoms. The van der Waals surface area contributed by atoms with Crippen LogP contribution in [0.5, 0.6) is 5.75 Å². The van der Waals surface area contributed by atoms with Gasteiger partial charge in [0.1, 0.15) is 24.0 Å². The second-order valence-corrected chi connectivity index (χ2v) is 6.67. The van der Waals surface area contributed by atoms with Gasteiger partial charge in [0.2, 0.25) is 0 Å². The molecule has 0 radical (unpaired) electrons. The van der Waals surface area contributed by atoms with Crippen LogP contribution < -0.4 is 4.74 Å². The molecule has 3 aromatic rings. The van der Waals surface area contributed by atoms with Gasteiger partial charge in [-0.1, -0.05) is 42.0 Å². The lowest BCUT2D eigenvalue weighted by molar-refractivity contribution is 0.0465. The number of aromatic nitrogens is 1. The fourth-order valence-electron chi connectivity index (χ4n) is 2.24. The van der Waals surface area contributed by atoms with Gasteiger partial charge in [0.25, 0.3) is 0 Å². The lowest BCUT2D eigenvalue weighted by Gasteiger charge is -2.06. The SMILES string of the molecule is Cc1ccc(OCc2nc(C(=O)OCc3ccccc3C)cs2)cc1. The molecule has 4 nitrogen and oxygen atoms in total. The van der Waals surface area contributed by atoms with Crippen molar-refractivity contribution >= 4 is 17.3 Å². The van der Waals surface area contributed by atoms with Crippen molar-refractivity contribution in [3.63, 3.8) is 0 Å². The topological polar surface area (TPSA) is 48.4 Å². The van der Waals surface area contributed by atoms with E-state index in [0.29, 0.717) is 12.3 Å². The fourth-order valence-corrected chi connectivity index (χ4v) is 2.91. The molecule has 25 heavy (non-hydrogen) atoms. The van der Waals surface area contributed by atoms with Crippen molar-refractivity contribution in [1.82, 2.24) is 4.98 Å². The zero-order valence-corrected chi connectivity index (χ0v) is 15.0. The van der Waals surface area contributed by atoms with Crippen LogP contribution >= 0.6 is 11.3 Å². The zero-order chi connectivity index (χ0) is 17.6. The number of carbonyl (C=O) groups is 1. The van der Waals surface area contributed by atoms with Crippen LogP contribution in [0.3, 0.4) is 0 Å². The molecular weight excluding hydrogens is 334 g/mol. The van der Waals surface area contributed by atoms with E-state index in [9.17, 15) is 4.79 Å². The standard InChI is InChI=1S/C20H19NO3S/c1-14-7-9-17(10-8-14)23-12-19-21-18(13-25-19)20(22)24-11-16-6-4-3-5-15(16)2/h3-10,13H,11-12H2,1-2H3. The van der Waals surface area contributed by atoms with Crippen molar-refractivity contribution < 1.29 is 14.3 Å². The molecule has 1 aromatic heterocycles. The molecular formula is C20H19NO3S. The Hall–Kier alpha value is -2.66. The summed E-state index contributed by atoms with van der Waals surface area (Å²) < 4.78 is 11.0. The number of hydrogen-bond donors (Lipinski definition) is 0. The summed E-state index contributed by atoms with van der Waals surface area (Å²) in [6.07, 6.45) is 0. The first-order valence-electron chi connectivity index (χ1n) is 7.97. The number of benzene rings is 2. The molecule has 0 aliphatic heterocycles. The molecule has 0 aliphatic carbocycles. The Morgan fingerprint density at radius 3 is 2.56 bits per heavy atom. The highest BCUT2D eigenvalue weighted by Gasteiger charge is 2.13. The number of hydrogen-bond acceptors (Lipinski definition) is 5. The minimum absolute atomic E-state index is 0.248. The maximum Gasteiger partial charge on any atom is 0.358 e. The van der Waals surface area contributed by atoms with Gasteiger partial charge < -0.3 is 9.47 Å². The Morgan fingerprint density at radius 2 is 1.80 bits per heavy atom. The first-order chi connectivity index (χ1) is 12.1. The van der Waals surface area contributed by atoms with Gasteiger partial charge in [-0.15, -0.1) is 11.3 Å². The van der Waals surface area contributed by atoms with Gasteiger partial charge in [0, 0.05) is 5.38 Å². The van der Waals surface area contributed by atoms with Crippen LogP contribution in [0.15, 0.2) is 53.9 Å². The molecule has 0 saturated heterocycles. The zero-order valence-electron chi connectivity index (χ0n) is 14.2. The number of rotatable bonds is 6. The number of aryl methyl sites for hydroxylation is 2. The summed E-state index contributed by atoms with van der Waals surface area (Å²) in [6.45, 7) is 4.60. The third-order valence-electron chi connectivity index (χ3n) is 3.76. The van der Waals surface area contributed by atoms with Crippen LogP contribution in [0.2, 0.25) is 0 Å². The summed E-state index contributed by atoms with van der Waals surface area (Å²) in [5.41, 5.74) is 3.59. The minimum Gasteiger partial charge on any atom is -0.486 e. The highest BCUT2D eigenvalue weighted by Crippen LogP contribution is 2.17. The van der Waals surface area contributed by atoms with E-state index in [0.717, 1.165) is 21.9 Å². The second-order valence-electron chi connectivity index (χ2n) is 5.73. The molecule has 3 rings (SSSR count). The van der Waals surface area contributed by atoms with Crippen LogP contribution in [-0.4, -0.2) is 11.0 Å². The van der Waals surface area contributed by atoms with Gasteiger partial charge in [-0.05, 0) is 37.1 Å². The van der Waals surface area contributed by atoms with E-state index in [1.165, 1.54) is 16.9 Å². The van der Waals surface area contributed by atoms with E-state index < -0.39 is 5.97 Å². The Kier molecular flexibility index (Phi) is 5.46. The van der Waals surface area contributed by atoms with Crippen LogP contribution in [0.25, 0.3) is 0 Å². The molecule has 1 heterocycles. The van der Waals surface area contributed by atoms with Gasteiger partial charge in [0.05, 0.1) is 0 Å². The van der Waals surface area contributed by atoms with Gasteiger partial charge in [-0.2, -0.15) is 0 Å². The summed E-state index contributed by atoms with van der Waals surface area (Å²) >= 11 is 1.39. The second kappa shape index (κ2) is 7.94. The quantitative estimate of drug-likeness (QED) is 0.603. The molecule has 128 valence electrons. The third kappa shape index (κ3) is 4.67. The maximum absolute atomic E-state index is 12.1. The summed E-state index contributed by atoms with van der Waals surface area (Å²) in [7, 11) is 0. The van der Waals surface area contributed by atoms with Crippen LogP contribution in [-0.2, 0) is 18.0 Å². The first-order valence-corrected chi connectivity index (χ1v) is 8.85. The van der Waals surface area contributed by atoms with Crippen LogP contribution in [0, 0.1) is 13.8 Å². The number of esters is 1. The summed E-state index contributed by atoms with van der Waals surface area (Å²) in [6, 6.07) is 15.6. The van der Waals surface area contributed by atoms with Crippen molar-refractivity contribution in [1.29, 1.82) is 0 Å². The number of carbonyl (C=O) groups excluding carboxylic acids is 1. The van der Waals surface area contributed by atoms with E-state index in [-0.39, 0.29) is 6.61 Å². The Bertz CT molecular complexity index is 855. The van der Waals surface area contributed by atoms with Crippen molar-refractivity contribution in [2.24, 2.45) is 0 Å². The molecule has 0 unspecified atom stereocenters. The molecule has 5 heteroatoms. The molecule has 0 bridgehead atoms. The molecule has 0 fully saturated rings. The number of ether oxygens (including phenoxy) is 2. The molecule has 0 amide bonds. The molecule has 0 aliphatic rings. The van der Waals surface area contributed by atoms with Crippen molar-refractivity contribution in [3.8, 4) is 5.75 Å². The number of thiazole rings is 1. The Morgan fingerprint density at radius 1 is 1.04 bits per heavy atom. The smallest absolute Gasteiger partial charge is 0.358 e. The molecule has 0 atom stereocenters. The minimum atomic E-state index is -0.416. The fraction of sp³-hybridized carbons (Fsp3) is 0.200. The summed E-state index contributed by atoms with van der Waals surface area (Å²) in [5.74, 6) is 0.366. The molecule has 0 N–H and O–H groups in total. The lowest BCUT2D eigenvalue weighted by Crippen LogP contribution is -2.07. The van der Waals surface area contributed by atoms with E-state index in [4.69, 9.17) is 9.47 Å². The van der Waals surface area contributed by atoms with Crippen molar-refractivity contribution in [2.75, 3.05) is 0 Å². The summed E-state index contributed by atoms with van der Waals surface area (Å²) in [5, 5.41) is 2.44. The van der Waals surface area contributed by atoms with E-state index in [1.807, 2.05) is 62.4 Å². The number of nitrogens with zero attached hydrogens (tertiary/aromatic N) is 1.